The number of thiazole rings is 1. The van der Waals surface area contributed by atoms with Gasteiger partial charge in [0, 0.05) is 0 Å². The molecular formula is C6H3Cl2N3S. The van der Waals surface area contributed by atoms with Crippen molar-refractivity contribution in [2.24, 2.45) is 0 Å². The second kappa shape index (κ2) is 2.80. The van der Waals surface area contributed by atoms with Crippen LogP contribution in [0.2, 0.25) is 10.4 Å². The number of rotatable bonds is 0. The van der Waals surface area contributed by atoms with Gasteiger partial charge in [0.1, 0.15) is 10.3 Å². The number of aromatic nitrogens is 3. The third-order valence-corrected chi connectivity index (χ3v) is 2.59. The van der Waals surface area contributed by atoms with Gasteiger partial charge >= 0.3 is 0 Å². The number of aryl methyl sites for hydroxylation is 1. The van der Waals surface area contributed by atoms with Gasteiger partial charge in [-0.2, -0.15) is 0 Å². The molecule has 0 aliphatic carbocycles. The Morgan fingerprint density at radius 3 is 2.67 bits per heavy atom. The first-order chi connectivity index (χ1) is 5.66. The van der Waals surface area contributed by atoms with E-state index in [0.717, 1.165) is 9.84 Å². The Morgan fingerprint density at radius 1 is 1.17 bits per heavy atom. The van der Waals surface area contributed by atoms with E-state index in [9.17, 15) is 0 Å². The van der Waals surface area contributed by atoms with E-state index >= 15 is 0 Å². The molecule has 0 fully saturated rings. The summed E-state index contributed by atoms with van der Waals surface area (Å²) in [6.45, 7) is 1.89. The van der Waals surface area contributed by atoms with Crippen LogP contribution in [0.4, 0.5) is 0 Å². The Hall–Kier alpha value is -0.450. The van der Waals surface area contributed by atoms with Crippen LogP contribution in [-0.2, 0) is 0 Å². The lowest BCUT2D eigenvalue weighted by atomic mass is 10.6. The summed E-state index contributed by atoms with van der Waals surface area (Å²) in [5.41, 5.74) is 0.628. The summed E-state index contributed by atoms with van der Waals surface area (Å²) in [5, 5.41) is 1.38. The number of hydrogen-bond acceptors (Lipinski definition) is 4. The minimum Gasteiger partial charge on any atom is -0.236 e. The van der Waals surface area contributed by atoms with Crippen molar-refractivity contribution < 1.29 is 0 Å². The van der Waals surface area contributed by atoms with Gasteiger partial charge in [-0.15, -0.1) is 0 Å². The van der Waals surface area contributed by atoms with E-state index in [1.165, 1.54) is 11.3 Å². The zero-order chi connectivity index (χ0) is 8.72. The third-order valence-electron chi connectivity index (χ3n) is 1.30. The molecule has 0 spiro atoms. The smallest absolute Gasteiger partial charge is 0.225 e. The second-order valence-corrected chi connectivity index (χ2v) is 4.05. The molecule has 3 nitrogen and oxygen atoms in total. The first-order valence-corrected chi connectivity index (χ1v) is 4.70. The van der Waals surface area contributed by atoms with Crippen LogP contribution >= 0.6 is 34.5 Å². The maximum atomic E-state index is 5.78. The summed E-state index contributed by atoms with van der Waals surface area (Å²) in [6.07, 6.45) is 0. The number of nitrogens with zero attached hydrogens (tertiary/aromatic N) is 3. The normalized spacial score (nSPS) is 10.9. The van der Waals surface area contributed by atoms with Crippen molar-refractivity contribution >= 4 is 44.9 Å². The molecule has 0 saturated carbocycles. The predicted molar refractivity (Wildman–Crippen MR) is 50.0 cm³/mol. The lowest BCUT2D eigenvalue weighted by Crippen LogP contribution is -1.83. The molecule has 0 bridgehead atoms. The molecule has 2 aromatic heterocycles. The molecule has 2 aromatic rings. The highest BCUT2D eigenvalue weighted by molar-refractivity contribution is 7.18. The highest BCUT2D eigenvalue weighted by atomic mass is 35.5. The largest absolute Gasteiger partial charge is 0.236 e. The van der Waals surface area contributed by atoms with Crippen molar-refractivity contribution in [3.05, 3.63) is 15.4 Å². The maximum Gasteiger partial charge on any atom is 0.225 e. The van der Waals surface area contributed by atoms with Crippen molar-refractivity contribution in [2.45, 2.75) is 6.92 Å². The lowest BCUT2D eigenvalue weighted by Gasteiger charge is -1.90. The topological polar surface area (TPSA) is 38.7 Å². The fourth-order valence-corrected chi connectivity index (χ4v) is 2.19. The average molecular weight is 220 g/mol. The Kier molecular flexibility index (Phi) is 1.90. The van der Waals surface area contributed by atoms with Gasteiger partial charge in [-0.05, 0) is 18.5 Å². The van der Waals surface area contributed by atoms with Crippen molar-refractivity contribution in [3.63, 3.8) is 0 Å². The van der Waals surface area contributed by atoms with Crippen molar-refractivity contribution in [1.82, 2.24) is 15.0 Å². The molecule has 0 radical (unpaired) electrons. The molecule has 0 N–H and O–H groups in total. The molecule has 0 saturated heterocycles. The lowest BCUT2D eigenvalue weighted by molar-refractivity contribution is 1.21. The van der Waals surface area contributed by atoms with Gasteiger partial charge in [0.25, 0.3) is 0 Å². The molecule has 0 aliphatic rings. The van der Waals surface area contributed by atoms with Crippen LogP contribution < -0.4 is 0 Å². The van der Waals surface area contributed by atoms with Gasteiger partial charge in [0.15, 0.2) is 5.15 Å². The summed E-state index contributed by atoms with van der Waals surface area (Å²) < 4.78 is 0. The highest BCUT2D eigenvalue weighted by Gasteiger charge is 2.08. The van der Waals surface area contributed by atoms with Gasteiger partial charge in [-0.25, -0.2) is 15.0 Å². The van der Waals surface area contributed by atoms with Crippen LogP contribution in [0, 0.1) is 6.92 Å². The van der Waals surface area contributed by atoms with Crippen LogP contribution in [0.25, 0.3) is 10.3 Å². The molecular weight excluding hydrogens is 217 g/mol. The summed E-state index contributed by atoms with van der Waals surface area (Å²) >= 11 is 12.8. The molecule has 0 aromatic carbocycles. The third kappa shape index (κ3) is 1.26. The number of hydrogen-bond donors (Lipinski definition) is 0. The minimum atomic E-state index is 0.163. The molecule has 2 rings (SSSR count). The first kappa shape index (κ1) is 8.16. The fourth-order valence-electron chi connectivity index (χ4n) is 0.869. The Bertz CT molecular complexity index is 440. The van der Waals surface area contributed by atoms with Crippen molar-refractivity contribution in [1.29, 1.82) is 0 Å². The van der Waals surface area contributed by atoms with Crippen LogP contribution in [0.1, 0.15) is 5.01 Å². The molecule has 12 heavy (non-hydrogen) atoms. The van der Waals surface area contributed by atoms with Crippen LogP contribution in [-0.4, -0.2) is 15.0 Å². The molecule has 0 atom stereocenters. The number of halogens is 2. The first-order valence-electron chi connectivity index (χ1n) is 3.13. The van der Waals surface area contributed by atoms with E-state index in [-0.39, 0.29) is 5.28 Å². The van der Waals surface area contributed by atoms with Gasteiger partial charge in [0.2, 0.25) is 5.28 Å². The van der Waals surface area contributed by atoms with E-state index in [1.54, 1.807) is 0 Å². The fraction of sp³-hybridized carbons (Fsp3) is 0.167. The predicted octanol–water partition coefficient (Wildman–Crippen LogP) is 2.70. The summed E-state index contributed by atoms with van der Waals surface area (Å²) in [5.74, 6) is 0. The van der Waals surface area contributed by atoms with E-state index in [2.05, 4.69) is 15.0 Å². The van der Waals surface area contributed by atoms with E-state index in [1.807, 2.05) is 6.92 Å². The molecule has 0 unspecified atom stereocenters. The average Bonchev–Trinajstić information content (AvgIpc) is 2.29. The second-order valence-electron chi connectivity index (χ2n) is 2.17. The molecule has 0 aliphatic heterocycles. The number of fused-ring (bicyclic) bond motifs is 1. The Balaban J connectivity index is 2.88. The van der Waals surface area contributed by atoms with Crippen molar-refractivity contribution in [2.75, 3.05) is 0 Å². The summed E-state index contributed by atoms with van der Waals surface area (Å²) in [4.78, 5) is 12.7. The Morgan fingerprint density at radius 2 is 1.92 bits per heavy atom. The molecule has 6 heteroatoms. The monoisotopic (exact) mass is 219 g/mol. The summed E-state index contributed by atoms with van der Waals surface area (Å²) in [6, 6.07) is 0. The molecule has 62 valence electrons. The zero-order valence-electron chi connectivity index (χ0n) is 6.01. The maximum absolute atomic E-state index is 5.78. The molecule has 0 amide bonds. The van der Waals surface area contributed by atoms with Gasteiger partial charge < -0.3 is 0 Å². The van der Waals surface area contributed by atoms with E-state index < -0.39 is 0 Å². The van der Waals surface area contributed by atoms with Crippen LogP contribution in [0.15, 0.2) is 0 Å². The standard InChI is InChI=1S/C6H3Cl2N3S/c1-2-9-3-4(7)10-6(8)11-5(3)12-2/h1H3. The highest BCUT2D eigenvalue weighted by Crippen LogP contribution is 2.25. The van der Waals surface area contributed by atoms with E-state index in [0.29, 0.717) is 10.7 Å². The van der Waals surface area contributed by atoms with E-state index in [4.69, 9.17) is 23.2 Å². The van der Waals surface area contributed by atoms with Crippen LogP contribution in [0.5, 0.6) is 0 Å². The van der Waals surface area contributed by atoms with Crippen molar-refractivity contribution in [3.8, 4) is 0 Å². The van der Waals surface area contributed by atoms with Gasteiger partial charge in [0.05, 0.1) is 5.01 Å². The molecule has 2 heterocycles. The summed E-state index contributed by atoms with van der Waals surface area (Å²) in [7, 11) is 0. The van der Waals surface area contributed by atoms with Gasteiger partial charge in [-0.1, -0.05) is 22.9 Å². The zero-order valence-corrected chi connectivity index (χ0v) is 8.33. The Labute approximate surface area is 82.4 Å². The quantitative estimate of drug-likeness (QED) is 0.506. The SMILES string of the molecule is Cc1nc2c(Cl)nc(Cl)nc2s1. The van der Waals surface area contributed by atoms with Crippen LogP contribution in [0.3, 0.4) is 0 Å². The minimum absolute atomic E-state index is 0.163. The van der Waals surface area contributed by atoms with Gasteiger partial charge in [-0.3, -0.25) is 0 Å².